The van der Waals surface area contributed by atoms with Gasteiger partial charge in [-0.25, -0.2) is 0 Å². The van der Waals surface area contributed by atoms with Crippen LogP contribution in [0.4, 0.5) is 0 Å². The molecule has 82 valence electrons. The summed E-state index contributed by atoms with van der Waals surface area (Å²) in [5, 5.41) is 4.00. The lowest BCUT2D eigenvalue weighted by Crippen LogP contribution is -2.18. The van der Waals surface area contributed by atoms with E-state index in [-0.39, 0.29) is 6.04 Å². The zero-order chi connectivity index (χ0) is 11.4. The summed E-state index contributed by atoms with van der Waals surface area (Å²) < 4.78 is 0. The van der Waals surface area contributed by atoms with E-state index in [1.54, 1.807) is 6.20 Å². The normalized spacial score (nSPS) is 12.4. The van der Waals surface area contributed by atoms with Crippen molar-refractivity contribution >= 4 is 11.6 Å². The first-order valence-corrected chi connectivity index (χ1v) is 5.52. The Balaban J connectivity index is 2.33. The summed E-state index contributed by atoms with van der Waals surface area (Å²) in [6.45, 7) is 0. The summed E-state index contributed by atoms with van der Waals surface area (Å²) in [4.78, 5) is 4.35. The Morgan fingerprint density at radius 1 is 1.12 bits per heavy atom. The quantitative estimate of drug-likeness (QED) is 0.880. The van der Waals surface area contributed by atoms with Crippen LogP contribution < -0.4 is 5.32 Å². The van der Waals surface area contributed by atoms with Gasteiger partial charge in [0.05, 0.1) is 11.7 Å². The lowest BCUT2D eigenvalue weighted by molar-refractivity contribution is 0.671. The molecule has 0 aliphatic rings. The van der Waals surface area contributed by atoms with Crippen LogP contribution in [0.5, 0.6) is 0 Å². The van der Waals surface area contributed by atoms with Crippen molar-refractivity contribution in [3.8, 4) is 0 Å². The summed E-state index contributed by atoms with van der Waals surface area (Å²) in [6.07, 6.45) is 1.80. The number of nitrogens with one attached hydrogen (secondary N) is 1. The van der Waals surface area contributed by atoms with Crippen LogP contribution in [-0.4, -0.2) is 12.0 Å². The first-order chi connectivity index (χ1) is 7.81. The Morgan fingerprint density at radius 3 is 2.44 bits per heavy atom. The molecule has 0 spiro atoms. The molecule has 0 fully saturated rings. The van der Waals surface area contributed by atoms with E-state index in [0.29, 0.717) is 0 Å². The van der Waals surface area contributed by atoms with E-state index in [2.05, 4.69) is 10.3 Å². The van der Waals surface area contributed by atoms with E-state index in [1.165, 1.54) is 0 Å². The third kappa shape index (κ3) is 2.40. The van der Waals surface area contributed by atoms with Gasteiger partial charge in [0.1, 0.15) is 0 Å². The molecule has 0 aliphatic heterocycles. The Hall–Kier alpha value is -1.38. The second-order valence-electron chi connectivity index (χ2n) is 3.53. The van der Waals surface area contributed by atoms with Crippen molar-refractivity contribution in [1.29, 1.82) is 0 Å². The molecular weight excluding hydrogens is 220 g/mol. The number of hydrogen-bond donors (Lipinski definition) is 1. The largest absolute Gasteiger partial charge is 0.308 e. The van der Waals surface area contributed by atoms with Crippen molar-refractivity contribution in [3.05, 3.63) is 64.9 Å². The van der Waals surface area contributed by atoms with Crippen molar-refractivity contribution < 1.29 is 0 Å². The van der Waals surface area contributed by atoms with E-state index in [9.17, 15) is 0 Å². The highest BCUT2D eigenvalue weighted by Crippen LogP contribution is 2.21. The Labute approximate surface area is 100 Å². The van der Waals surface area contributed by atoms with Gasteiger partial charge in [-0.1, -0.05) is 29.8 Å². The van der Waals surface area contributed by atoms with E-state index in [1.807, 2.05) is 49.5 Å². The summed E-state index contributed by atoms with van der Waals surface area (Å²) >= 11 is 5.87. The van der Waals surface area contributed by atoms with E-state index in [0.717, 1.165) is 16.3 Å². The molecule has 1 aromatic carbocycles. The molecular formula is C13H13ClN2. The van der Waals surface area contributed by atoms with Crippen LogP contribution in [0.25, 0.3) is 0 Å². The van der Waals surface area contributed by atoms with Crippen LogP contribution in [0.1, 0.15) is 17.3 Å². The molecule has 0 unspecified atom stereocenters. The van der Waals surface area contributed by atoms with Crippen LogP contribution in [0.15, 0.2) is 48.7 Å². The lowest BCUT2D eigenvalue weighted by Gasteiger charge is -2.15. The van der Waals surface area contributed by atoms with Gasteiger partial charge in [-0.3, -0.25) is 4.98 Å². The maximum absolute atomic E-state index is 5.87. The average Bonchev–Trinajstić information content (AvgIpc) is 2.34. The monoisotopic (exact) mass is 232 g/mol. The van der Waals surface area contributed by atoms with Gasteiger partial charge in [-0.2, -0.15) is 0 Å². The SMILES string of the molecule is CN[C@H](c1ccc(Cl)cc1)c1ccccn1. The third-order valence-electron chi connectivity index (χ3n) is 2.48. The molecule has 0 saturated carbocycles. The van der Waals surface area contributed by atoms with Crippen LogP contribution in [0.2, 0.25) is 5.02 Å². The predicted molar refractivity (Wildman–Crippen MR) is 66.6 cm³/mol. The van der Waals surface area contributed by atoms with Gasteiger partial charge < -0.3 is 5.32 Å². The number of halogens is 1. The second-order valence-corrected chi connectivity index (χ2v) is 3.96. The average molecular weight is 233 g/mol. The van der Waals surface area contributed by atoms with Gasteiger partial charge in [0.15, 0.2) is 0 Å². The number of aromatic nitrogens is 1. The van der Waals surface area contributed by atoms with Crippen molar-refractivity contribution in [2.45, 2.75) is 6.04 Å². The molecule has 2 rings (SSSR count). The number of pyridine rings is 1. The number of benzene rings is 1. The molecule has 2 nitrogen and oxygen atoms in total. The Kier molecular flexibility index (Phi) is 3.54. The highest BCUT2D eigenvalue weighted by Gasteiger charge is 2.12. The highest BCUT2D eigenvalue weighted by atomic mass is 35.5. The van der Waals surface area contributed by atoms with Crippen molar-refractivity contribution in [2.24, 2.45) is 0 Å². The molecule has 0 aliphatic carbocycles. The molecule has 0 amide bonds. The zero-order valence-electron chi connectivity index (χ0n) is 9.02. The molecule has 1 aromatic heterocycles. The number of rotatable bonds is 3. The fourth-order valence-corrected chi connectivity index (χ4v) is 1.81. The predicted octanol–water partition coefficient (Wildman–Crippen LogP) is 3.04. The van der Waals surface area contributed by atoms with Crippen LogP contribution in [0, 0.1) is 0 Å². The molecule has 3 heteroatoms. The fourth-order valence-electron chi connectivity index (χ4n) is 1.69. The maximum atomic E-state index is 5.87. The second kappa shape index (κ2) is 5.10. The van der Waals surface area contributed by atoms with E-state index in [4.69, 9.17) is 11.6 Å². The van der Waals surface area contributed by atoms with Crippen molar-refractivity contribution in [2.75, 3.05) is 7.05 Å². The van der Waals surface area contributed by atoms with Gasteiger partial charge in [-0.15, -0.1) is 0 Å². The lowest BCUT2D eigenvalue weighted by atomic mass is 10.0. The molecule has 0 radical (unpaired) electrons. The first kappa shape index (κ1) is 11.1. The molecule has 1 heterocycles. The van der Waals surface area contributed by atoms with Gasteiger partial charge >= 0.3 is 0 Å². The molecule has 2 aromatic rings. The Bertz CT molecular complexity index is 439. The highest BCUT2D eigenvalue weighted by molar-refractivity contribution is 6.30. The third-order valence-corrected chi connectivity index (χ3v) is 2.73. The van der Waals surface area contributed by atoms with Crippen LogP contribution >= 0.6 is 11.6 Å². The number of hydrogen-bond acceptors (Lipinski definition) is 2. The Morgan fingerprint density at radius 2 is 1.88 bits per heavy atom. The zero-order valence-corrected chi connectivity index (χ0v) is 9.78. The van der Waals surface area contributed by atoms with Gasteiger partial charge in [0, 0.05) is 11.2 Å². The molecule has 1 N–H and O–H groups in total. The first-order valence-electron chi connectivity index (χ1n) is 5.15. The summed E-state index contributed by atoms with van der Waals surface area (Å²) in [5.41, 5.74) is 2.16. The van der Waals surface area contributed by atoms with Crippen LogP contribution in [0.3, 0.4) is 0 Å². The summed E-state index contributed by atoms with van der Waals surface area (Å²) in [5.74, 6) is 0. The van der Waals surface area contributed by atoms with Crippen LogP contribution in [-0.2, 0) is 0 Å². The van der Waals surface area contributed by atoms with Crippen molar-refractivity contribution in [1.82, 2.24) is 10.3 Å². The van der Waals surface area contributed by atoms with E-state index >= 15 is 0 Å². The standard InChI is InChI=1S/C13H13ClN2/c1-15-13(12-4-2-3-9-16-12)10-5-7-11(14)8-6-10/h2-9,13,15H,1H3/t13-/m1/s1. The molecule has 16 heavy (non-hydrogen) atoms. The topological polar surface area (TPSA) is 24.9 Å². The molecule has 1 atom stereocenters. The van der Waals surface area contributed by atoms with Crippen molar-refractivity contribution in [3.63, 3.8) is 0 Å². The van der Waals surface area contributed by atoms with Gasteiger partial charge in [0.25, 0.3) is 0 Å². The molecule has 0 saturated heterocycles. The minimum absolute atomic E-state index is 0.110. The molecule has 0 bridgehead atoms. The van der Waals surface area contributed by atoms with Gasteiger partial charge in [-0.05, 0) is 36.9 Å². The summed E-state index contributed by atoms with van der Waals surface area (Å²) in [7, 11) is 1.92. The summed E-state index contributed by atoms with van der Waals surface area (Å²) in [6, 6.07) is 13.8. The van der Waals surface area contributed by atoms with Gasteiger partial charge in [0.2, 0.25) is 0 Å². The smallest absolute Gasteiger partial charge is 0.0748 e. The van der Waals surface area contributed by atoms with E-state index < -0.39 is 0 Å². The minimum atomic E-state index is 0.110. The maximum Gasteiger partial charge on any atom is 0.0748 e. The number of nitrogens with zero attached hydrogens (tertiary/aromatic N) is 1. The fraction of sp³-hybridized carbons (Fsp3) is 0.154. The minimum Gasteiger partial charge on any atom is -0.308 e.